The molecule has 2 nitrogen and oxygen atoms in total. The molecule has 0 spiro atoms. The Morgan fingerprint density at radius 1 is 1.47 bits per heavy atom. The summed E-state index contributed by atoms with van der Waals surface area (Å²) in [7, 11) is 0. The second-order valence-corrected chi connectivity index (χ2v) is 4.99. The largest absolute Gasteiger partial charge is 0.311 e. The van der Waals surface area contributed by atoms with Crippen molar-refractivity contribution in [2.45, 2.75) is 25.0 Å². The molecular formula is C12H15ClN2. The van der Waals surface area contributed by atoms with Crippen LogP contribution < -0.4 is 5.32 Å². The highest BCUT2D eigenvalue weighted by Crippen LogP contribution is 2.25. The molecule has 2 unspecified atom stereocenters. The fourth-order valence-electron chi connectivity index (χ4n) is 2.71. The van der Waals surface area contributed by atoms with Crippen LogP contribution in [0.4, 0.5) is 0 Å². The number of hydrogen-bond acceptors (Lipinski definition) is 2. The molecule has 2 atom stereocenters. The fraction of sp³-hybridized carbons (Fsp3) is 0.500. The minimum Gasteiger partial charge on any atom is -0.311 e. The van der Waals surface area contributed by atoms with Gasteiger partial charge in [0.2, 0.25) is 0 Å². The Kier molecular flexibility index (Phi) is 2.43. The van der Waals surface area contributed by atoms with E-state index in [4.69, 9.17) is 11.6 Å². The fourth-order valence-corrected chi connectivity index (χ4v) is 2.92. The van der Waals surface area contributed by atoms with Crippen LogP contribution >= 0.6 is 11.6 Å². The molecule has 0 aliphatic carbocycles. The average molecular weight is 223 g/mol. The van der Waals surface area contributed by atoms with E-state index >= 15 is 0 Å². The highest BCUT2D eigenvalue weighted by molar-refractivity contribution is 6.30. The van der Waals surface area contributed by atoms with Crippen LogP contribution in [0.1, 0.15) is 12.0 Å². The number of hydrogen-bond donors (Lipinski definition) is 1. The third-order valence-electron chi connectivity index (χ3n) is 3.44. The van der Waals surface area contributed by atoms with E-state index in [1.165, 1.54) is 18.5 Å². The van der Waals surface area contributed by atoms with Crippen LogP contribution in [0.15, 0.2) is 24.3 Å². The molecule has 2 fully saturated rings. The maximum Gasteiger partial charge on any atom is 0.0409 e. The second-order valence-electron chi connectivity index (χ2n) is 4.55. The third kappa shape index (κ3) is 1.89. The van der Waals surface area contributed by atoms with E-state index < -0.39 is 0 Å². The highest BCUT2D eigenvalue weighted by atomic mass is 35.5. The predicted molar refractivity (Wildman–Crippen MR) is 62.1 cm³/mol. The van der Waals surface area contributed by atoms with Crippen molar-refractivity contribution in [3.8, 4) is 0 Å². The molecule has 2 bridgehead atoms. The number of nitrogens with zero attached hydrogens (tertiary/aromatic N) is 1. The summed E-state index contributed by atoms with van der Waals surface area (Å²) in [4.78, 5) is 2.56. The molecule has 3 rings (SSSR count). The SMILES string of the molecule is Clc1cccc(CN2CC3CC2CN3)c1. The molecule has 2 aliphatic heterocycles. The smallest absolute Gasteiger partial charge is 0.0409 e. The van der Waals surface area contributed by atoms with Crippen LogP contribution in [0.25, 0.3) is 0 Å². The molecule has 1 aromatic rings. The monoisotopic (exact) mass is 222 g/mol. The summed E-state index contributed by atoms with van der Waals surface area (Å²) in [6.07, 6.45) is 1.32. The minimum absolute atomic E-state index is 0.731. The van der Waals surface area contributed by atoms with Crippen molar-refractivity contribution in [1.82, 2.24) is 10.2 Å². The van der Waals surface area contributed by atoms with Gasteiger partial charge in [0.15, 0.2) is 0 Å². The first-order valence-corrected chi connectivity index (χ1v) is 5.91. The predicted octanol–water partition coefficient (Wildman–Crippen LogP) is 1.89. The topological polar surface area (TPSA) is 15.3 Å². The Balaban J connectivity index is 1.71. The van der Waals surface area contributed by atoms with Crippen LogP contribution in [0.2, 0.25) is 5.02 Å². The van der Waals surface area contributed by atoms with Crippen molar-refractivity contribution in [3.63, 3.8) is 0 Å². The van der Waals surface area contributed by atoms with Gasteiger partial charge in [-0.2, -0.15) is 0 Å². The normalized spacial score (nSPS) is 29.9. The van der Waals surface area contributed by atoms with Crippen molar-refractivity contribution in [2.75, 3.05) is 13.1 Å². The number of benzene rings is 1. The van der Waals surface area contributed by atoms with Crippen molar-refractivity contribution in [3.05, 3.63) is 34.9 Å². The van der Waals surface area contributed by atoms with E-state index in [1.807, 2.05) is 12.1 Å². The standard InChI is InChI=1S/C12H15ClN2/c13-10-3-1-2-9(4-10)7-15-8-11-5-12(15)6-14-11/h1-4,11-12,14H,5-8H2. The van der Waals surface area contributed by atoms with Crippen LogP contribution in [-0.2, 0) is 6.54 Å². The third-order valence-corrected chi connectivity index (χ3v) is 3.68. The lowest BCUT2D eigenvalue weighted by atomic mass is 10.2. The summed E-state index contributed by atoms with van der Waals surface area (Å²) in [6, 6.07) is 9.67. The average Bonchev–Trinajstić information content (AvgIpc) is 2.79. The Morgan fingerprint density at radius 3 is 3.07 bits per heavy atom. The summed E-state index contributed by atoms with van der Waals surface area (Å²) in [5, 5.41) is 4.36. The van der Waals surface area contributed by atoms with Gasteiger partial charge in [-0.25, -0.2) is 0 Å². The van der Waals surface area contributed by atoms with Gasteiger partial charge in [-0.15, -0.1) is 0 Å². The van der Waals surface area contributed by atoms with Crippen molar-refractivity contribution < 1.29 is 0 Å². The molecule has 1 aromatic carbocycles. The molecule has 1 N–H and O–H groups in total. The van der Waals surface area contributed by atoms with Crippen LogP contribution in [0.3, 0.4) is 0 Å². The maximum atomic E-state index is 5.98. The molecule has 0 saturated carbocycles. The molecule has 15 heavy (non-hydrogen) atoms. The minimum atomic E-state index is 0.731. The van der Waals surface area contributed by atoms with Crippen LogP contribution in [-0.4, -0.2) is 30.1 Å². The maximum absolute atomic E-state index is 5.98. The van der Waals surface area contributed by atoms with E-state index in [0.717, 1.165) is 30.2 Å². The van der Waals surface area contributed by atoms with Crippen molar-refractivity contribution >= 4 is 11.6 Å². The number of halogens is 1. The molecule has 2 aliphatic rings. The Bertz CT molecular complexity index is 366. The van der Waals surface area contributed by atoms with E-state index in [1.54, 1.807) is 0 Å². The summed E-state index contributed by atoms with van der Waals surface area (Å²) in [5.74, 6) is 0. The Hall–Kier alpha value is -0.570. The summed E-state index contributed by atoms with van der Waals surface area (Å²) in [5.41, 5.74) is 1.33. The van der Waals surface area contributed by atoms with Gasteiger partial charge in [0.05, 0.1) is 0 Å². The molecule has 0 aromatic heterocycles. The van der Waals surface area contributed by atoms with E-state index in [9.17, 15) is 0 Å². The first kappa shape index (κ1) is 9.64. The van der Waals surface area contributed by atoms with Gasteiger partial charge in [-0.05, 0) is 24.1 Å². The van der Waals surface area contributed by atoms with Gasteiger partial charge >= 0.3 is 0 Å². The molecular weight excluding hydrogens is 208 g/mol. The van der Waals surface area contributed by atoms with Gasteiger partial charge in [0.1, 0.15) is 0 Å². The lowest BCUT2D eigenvalue weighted by Gasteiger charge is -2.27. The first-order valence-electron chi connectivity index (χ1n) is 5.53. The zero-order chi connectivity index (χ0) is 10.3. The Morgan fingerprint density at radius 2 is 2.40 bits per heavy atom. The first-order chi connectivity index (χ1) is 7.31. The van der Waals surface area contributed by atoms with Gasteiger partial charge in [0.25, 0.3) is 0 Å². The molecule has 0 amide bonds. The zero-order valence-electron chi connectivity index (χ0n) is 8.62. The van der Waals surface area contributed by atoms with E-state index in [-0.39, 0.29) is 0 Å². The molecule has 2 heterocycles. The van der Waals surface area contributed by atoms with Gasteiger partial charge in [-0.3, -0.25) is 4.90 Å². The number of nitrogens with one attached hydrogen (secondary N) is 1. The summed E-state index contributed by atoms with van der Waals surface area (Å²) < 4.78 is 0. The number of fused-ring (bicyclic) bond motifs is 2. The second kappa shape index (κ2) is 3.78. The summed E-state index contributed by atoms with van der Waals surface area (Å²) in [6.45, 7) is 3.39. The quantitative estimate of drug-likeness (QED) is 0.822. The molecule has 2 saturated heterocycles. The summed E-state index contributed by atoms with van der Waals surface area (Å²) >= 11 is 5.98. The lowest BCUT2D eigenvalue weighted by molar-refractivity contribution is 0.218. The van der Waals surface area contributed by atoms with E-state index in [0.29, 0.717) is 0 Å². The van der Waals surface area contributed by atoms with Gasteiger partial charge < -0.3 is 5.32 Å². The Labute approximate surface area is 95.2 Å². The number of rotatable bonds is 2. The van der Waals surface area contributed by atoms with Crippen molar-refractivity contribution in [2.24, 2.45) is 0 Å². The van der Waals surface area contributed by atoms with Crippen LogP contribution in [0, 0.1) is 0 Å². The highest BCUT2D eigenvalue weighted by Gasteiger charge is 2.37. The number of likely N-dealkylation sites (tertiary alicyclic amines) is 1. The molecule has 80 valence electrons. The number of piperazine rings is 1. The van der Waals surface area contributed by atoms with Gasteiger partial charge in [0, 0.05) is 36.7 Å². The molecule has 0 radical (unpaired) electrons. The lowest BCUT2D eigenvalue weighted by Crippen LogP contribution is -2.42. The van der Waals surface area contributed by atoms with Crippen molar-refractivity contribution in [1.29, 1.82) is 0 Å². The van der Waals surface area contributed by atoms with Crippen LogP contribution in [0.5, 0.6) is 0 Å². The molecule has 3 heteroatoms. The van der Waals surface area contributed by atoms with Gasteiger partial charge in [-0.1, -0.05) is 23.7 Å². The van der Waals surface area contributed by atoms with E-state index in [2.05, 4.69) is 22.3 Å². The zero-order valence-corrected chi connectivity index (χ0v) is 9.37.